The van der Waals surface area contributed by atoms with Gasteiger partial charge in [0.1, 0.15) is 0 Å². The second kappa shape index (κ2) is 4.18. The van der Waals surface area contributed by atoms with Crippen molar-refractivity contribution in [3.05, 3.63) is 46.3 Å². The Labute approximate surface area is 92.5 Å². The molecule has 0 saturated carbocycles. The van der Waals surface area contributed by atoms with Gasteiger partial charge in [-0.15, -0.1) is 0 Å². The summed E-state index contributed by atoms with van der Waals surface area (Å²) in [7, 11) is 1.48. The first-order valence-corrected chi connectivity index (χ1v) is 4.83. The first-order chi connectivity index (χ1) is 7.72. The summed E-state index contributed by atoms with van der Waals surface area (Å²) in [6.45, 7) is 1.62. The maximum Gasteiger partial charge on any atom is 0.345 e. The minimum absolute atomic E-state index is 0.271. The first kappa shape index (κ1) is 10.4. The predicted molar refractivity (Wildman–Crippen MR) is 59.5 cm³/mol. The lowest BCUT2D eigenvalue weighted by Gasteiger charge is -2.04. The smallest absolute Gasteiger partial charge is 0.345 e. The summed E-state index contributed by atoms with van der Waals surface area (Å²) < 4.78 is 10.1. The molecule has 0 unspecified atom stereocenters. The van der Waals surface area contributed by atoms with Crippen LogP contribution in [0.5, 0.6) is 5.88 Å². The molecule has 2 aromatic rings. The van der Waals surface area contributed by atoms with Gasteiger partial charge < -0.3 is 9.15 Å². The van der Waals surface area contributed by atoms with Crippen molar-refractivity contribution in [3.63, 3.8) is 0 Å². The molecule has 0 spiro atoms. The normalized spacial score (nSPS) is 10.1. The zero-order valence-electron chi connectivity index (χ0n) is 9.06. The summed E-state index contributed by atoms with van der Waals surface area (Å²) in [5.74, 6) is 0.572. The monoisotopic (exact) mass is 217 g/mol. The summed E-state index contributed by atoms with van der Waals surface area (Å²) in [5, 5.41) is 0. The fourth-order valence-electron chi connectivity index (χ4n) is 1.35. The van der Waals surface area contributed by atoms with Gasteiger partial charge in [-0.1, -0.05) is 18.2 Å². The third-order valence-electron chi connectivity index (χ3n) is 2.23. The van der Waals surface area contributed by atoms with Crippen LogP contribution in [0.4, 0.5) is 0 Å². The molecular formula is C12H11NO3. The van der Waals surface area contributed by atoms with Crippen molar-refractivity contribution in [3.8, 4) is 17.3 Å². The van der Waals surface area contributed by atoms with E-state index in [4.69, 9.17) is 9.15 Å². The highest BCUT2D eigenvalue weighted by Crippen LogP contribution is 2.19. The molecule has 0 N–H and O–H groups in total. The third-order valence-corrected chi connectivity index (χ3v) is 2.23. The van der Waals surface area contributed by atoms with E-state index in [9.17, 15) is 4.79 Å². The largest absolute Gasteiger partial charge is 0.481 e. The van der Waals surface area contributed by atoms with Crippen molar-refractivity contribution in [1.29, 1.82) is 0 Å². The maximum absolute atomic E-state index is 11.5. The molecular weight excluding hydrogens is 206 g/mol. The summed E-state index contributed by atoms with van der Waals surface area (Å²) in [6.07, 6.45) is 0. The average Bonchev–Trinajstić information content (AvgIpc) is 2.33. The summed E-state index contributed by atoms with van der Waals surface area (Å²) in [5.41, 5.74) is 0.700. The highest BCUT2D eigenvalue weighted by Gasteiger charge is 2.10. The SMILES string of the molecule is COc1nc(-c2ccccc2)oc(=O)c1C. The lowest BCUT2D eigenvalue weighted by Crippen LogP contribution is -2.08. The van der Waals surface area contributed by atoms with E-state index in [1.165, 1.54) is 7.11 Å². The zero-order chi connectivity index (χ0) is 11.5. The lowest BCUT2D eigenvalue weighted by molar-refractivity contribution is 0.375. The second-order valence-electron chi connectivity index (χ2n) is 3.31. The van der Waals surface area contributed by atoms with Gasteiger partial charge in [0.05, 0.1) is 12.7 Å². The topological polar surface area (TPSA) is 52.3 Å². The van der Waals surface area contributed by atoms with Crippen molar-refractivity contribution < 1.29 is 9.15 Å². The number of rotatable bonds is 2. The Morgan fingerprint density at radius 2 is 1.94 bits per heavy atom. The Balaban J connectivity index is 2.60. The second-order valence-corrected chi connectivity index (χ2v) is 3.31. The molecule has 4 nitrogen and oxygen atoms in total. The number of methoxy groups -OCH3 is 1. The average molecular weight is 217 g/mol. The molecule has 1 aromatic carbocycles. The van der Waals surface area contributed by atoms with Gasteiger partial charge >= 0.3 is 5.63 Å². The van der Waals surface area contributed by atoms with Gasteiger partial charge in [-0.25, -0.2) is 4.79 Å². The number of ether oxygens (including phenoxy) is 1. The molecule has 0 radical (unpaired) electrons. The Hall–Kier alpha value is -2.10. The van der Waals surface area contributed by atoms with E-state index >= 15 is 0 Å². The standard InChI is InChI=1S/C12H11NO3/c1-8-10(15-2)13-11(16-12(8)14)9-6-4-3-5-7-9/h3-7H,1-2H3. The van der Waals surface area contributed by atoms with E-state index in [2.05, 4.69) is 4.98 Å². The summed E-state index contributed by atoms with van der Waals surface area (Å²) in [4.78, 5) is 15.6. The van der Waals surface area contributed by atoms with E-state index < -0.39 is 5.63 Å². The van der Waals surface area contributed by atoms with Crippen molar-refractivity contribution in [2.24, 2.45) is 0 Å². The molecule has 0 aliphatic carbocycles. The third kappa shape index (κ3) is 1.82. The molecule has 0 aliphatic heterocycles. The number of benzene rings is 1. The maximum atomic E-state index is 11.5. The van der Waals surface area contributed by atoms with Crippen LogP contribution in [0.2, 0.25) is 0 Å². The Bertz CT molecular complexity index is 546. The molecule has 4 heteroatoms. The number of hydrogen-bond acceptors (Lipinski definition) is 4. The summed E-state index contributed by atoms with van der Waals surface area (Å²) >= 11 is 0. The van der Waals surface area contributed by atoms with Crippen LogP contribution in [0.3, 0.4) is 0 Å². The molecule has 0 bridgehead atoms. The van der Waals surface area contributed by atoms with Gasteiger partial charge in [0.15, 0.2) is 0 Å². The quantitative estimate of drug-likeness (QED) is 0.772. The van der Waals surface area contributed by atoms with Gasteiger partial charge in [0.25, 0.3) is 0 Å². The number of nitrogens with zero attached hydrogens (tertiary/aromatic N) is 1. The Kier molecular flexibility index (Phi) is 2.72. The molecule has 0 amide bonds. The molecule has 16 heavy (non-hydrogen) atoms. The van der Waals surface area contributed by atoms with E-state index in [1.807, 2.05) is 30.3 Å². The molecule has 2 rings (SSSR count). The van der Waals surface area contributed by atoms with Crippen LogP contribution in [0, 0.1) is 6.92 Å². The highest BCUT2D eigenvalue weighted by molar-refractivity contribution is 5.53. The van der Waals surface area contributed by atoms with Gasteiger partial charge in [0, 0.05) is 5.56 Å². The van der Waals surface area contributed by atoms with Gasteiger partial charge in [-0.3, -0.25) is 0 Å². The van der Waals surface area contributed by atoms with Gasteiger partial charge in [0.2, 0.25) is 11.8 Å². The minimum atomic E-state index is -0.425. The van der Waals surface area contributed by atoms with E-state index in [0.717, 1.165) is 5.56 Å². The number of hydrogen-bond donors (Lipinski definition) is 0. The Morgan fingerprint density at radius 3 is 2.56 bits per heavy atom. The van der Waals surface area contributed by atoms with Gasteiger partial charge in [-0.05, 0) is 19.1 Å². The fraction of sp³-hybridized carbons (Fsp3) is 0.167. The fourth-order valence-corrected chi connectivity index (χ4v) is 1.35. The zero-order valence-corrected chi connectivity index (χ0v) is 9.06. The van der Waals surface area contributed by atoms with Crippen LogP contribution in [0.25, 0.3) is 11.5 Å². The molecule has 1 aromatic heterocycles. The lowest BCUT2D eigenvalue weighted by atomic mass is 10.2. The molecule has 1 heterocycles. The molecule has 82 valence electrons. The first-order valence-electron chi connectivity index (χ1n) is 4.83. The van der Waals surface area contributed by atoms with Crippen LogP contribution in [0.15, 0.2) is 39.5 Å². The Morgan fingerprint density at radius 1 is 1.25 bits per heavy atom. The molecule has 0 aliphatic rings. The number of aromatic nitrogens is 1. The van der Waals surface area contributed by atoms with Crippen molar-refractivity contribution in [2.75, 3.05) is 7.11 Å². The van der Waals surface area contributed by atoms with E-state index in [0.29, 0.717) is 11.4 Å². The molecule has 0 fully saturated rings. The highest BCUT2D eigenvalue weighted by atomic mass is 16.5. The molecule has 0 atom stereocenters. The van der Waals surface area contributed by atoms with Crippen molar-refractivity contribution in [2.45, 2.75) is 6.92 Å². The van der Waals surface area contributed by atoms with Crippen LogP contribution in [-0.2, 0) is 0 Å². The molecule has 0 saturated heterocycles. The van der Waals surface area contributed by atoms with Crippen LogP contribution < -0.4 is 10.4 Å². The van der Waals surface area contributed by atoms with Crippen molar-refractivity contribution in [1.82, 2.24) is 4.98 Å². The van der Waals surface area contributed by atoms with Gasteiger partial charge in [-0.2, -0.15) is 4.98 Å². The van der Waals surface area contributed by atoms with Crippen molar-refractivity contribution >= 4 is 0 Å². The van der Waals surface area contributed by atoms with Crippen LogP contribution in [0.1, 0.15) is 5.56 Å². The van der Waals surface area contributed by atoms with E-state index in [1.54, 1.807) is 6.92 Å². The van der Waals surface area contributed by atoms with Crippen LogP contribution in [-0.4, -0.2) is 12.1 Å². The predicted octanol–water partition coefficient (Wildman–Crippen LogP) is 2.02. The summed E-state index contributed by atoms with van der Waals surface area (Å²) in [6, 6.07) is 9.22. The van der Waals surface area contributed by atoms with Crippen LogP contribution >= 0.6 is 0 Å². The van der Waals surface area contributed by atoms with E-state index in [-0.39, 0.29) is 5.89 Å². The minimum Gasteiger partial charge on any atom is -0.481 e.